The number of nitrogens with zero attached hydrogens (tertiary/aromatic N) is 6. The summed E-state index contributed by atoms with van der Waals surface area (Å²) in [5.74, 6) is 0.353. The molecule has 0 spiro atoms. The standard InChI is InChI=1S/C16H19ClN8O4/c17-11-1-3-12(4-2-11)19-16(21-27)14-15(23-29-22-14)18-5-6-25-9-13(20-24-25)10-28-8-7-26/h1-4,9,26-27H,5-8,10H2,(H,18,23)(H,19,21). The number of nitrogens with one attached hydrogen (secondary N) is 2. The molecule has 29 heavy (non-hydrogen) atoms. The van der Waals surface area contributed by atoms with E-state index in [9.17, 15) is 5.21 Å². The zero-order valence-electron chi connectivity index (χ0n) is 15.2. The lowest BCUT2D eigenvalue weighted by atomic mass is 10.3. The van der Waals surface area contributed by atoms with Crippen LogP contribution in [0.2, 0.25) is 5.02 Å². The molecular weight excluding hydrogens is 404 g/mol. The molecule has 0 fully saturated rings. The number of ether oxygens (including phenoxy) is 1. The Bertz CT molecular complexity index is 927. The molecule has 0 saturated heterocycles. The van der Waals surface area contributed by atoms with Crippen molar-refractivity contribution >= 4 is 28.9 Å². The van der Waals surface area contributed by atoms with Crippen LogP contribution in [0.1, 0.15) is 11.4 Å². The van der Waals surface area contributed by atoms with E-state index in [0.29, 0.717) is 35.3 Å². The Morgan fingerprint density at radius 2 is 2.10 bits per heavy atom. The number of hydrogen-bond acceptors (Lipinski definition) is 10. The Morgan fingerprint density at radius 1 is 1.28 bits per heavy atom. The number of halogens is 1. The van der Waals surface area contributed by atoms with Gasteiger partial charge in [0.25, 0.3) is 0 Å². The van der Waals surface area contributed by atoms with Gasteiger partial charge in [0.1, 0.15) is 5.69 Å². The van der Waals surface area contributed by atoms with Crippen molar-refractivity contribution in [2.75, 3.05) is 30.4 Å². The number of benzene rings is 1. The average molecular weight is 423 g/mol. The van der Waals surface area contributed by atoms with Crippen molar-refractivity contribution in [2.24, 2.45) is 5.16 Å². The Balaban J connectivity index is 1.55. The summed E-state index contributed by atoms with van der Waals surface area (Å²) in [5, 5.41) is 43.3. The van der Waals surface area contributed by atoms with Gasteiger partial charge >= 0.3 is 0 Å². The van der Waals surface area contributed by atoms with E-state index in [4.69, 9.17) is 26.1 Å². The molecule has 0 aliphatic carbocycles. The highest BCUT2D eigenvalue weighted by Gasteiger charge is 2.17. The molecule has 13 heteroatoms. The lowest BCUT2D eigenvalue weighted by Gasteiger charge is -2.08. The van der Waals surface area contributed by atoms with Gasteiger partial charge in [0.2, 0.25) is 11.7 Å². The molecule has 3 aromatic rings. The fourth-order valence-corrected chi connectivity index (χ4v) is 2.43. The van der Waals surface area contributed by atoms with Gasteiger partial charge < -0.3 is 25.7 Å². The molecule has 12 nitrogen and oxygen atoms in total. The molecular formula is C16H19ClN8O4. The Morgan fingerprint density at radius 3 is 2.86 bits per heavy atom. The predicted octanol–water partition coefficient (Wildman–Crippen LogP) is 1.18. The summed E-state index contributed by atoms with van der Waals surface area (Å²) < 4.78 is 11.6. The Labute approximate surface area is 170 Å². The molecule has 0 aliphatic heterocycles. The van der Waals surface area contributed by atoms with Crippen LogP contribution in [0.15, 0.2) is 40.2 Å². The molecule has 2 aromatic heterocycles. The van der Waals surface area contributed by atoms with Gasteiger partial charge in [0.15, 0.2) is 5.69 Å². The first kappa shape index (κ1) is 20.5. The maximum Gasteiger partial charge on any atom is 0.203 e. The van der Waals surface area contributed by atoms with E-state index in [2.05, 4.69) is 36.4 Å². The third-order valence-electron chi connectivity index (χ3n) is 3.62. The van der Waals surface area contributed by atoms with E-state index in [-0.39, 0.29) is 31.4 Å². The normalized spacial score (nSPS) is 11.6. The molecule has 0 atom stereocenters. The smallest absolute Gasteiger partial charge is 0.203 e. The fraction of sp³-hybridized carbons (Fsp3) is 0.312. The quantitative estimate of drug-likeness (QED) is 0.123. The third kappa shape index (κ3) is 5.88. The van der Waals surface area contributed by atoms with Gasteiger partial charge in [0, 0.05) is 17.3 Å². The first-order chi connectivity index (χ1) is 14.2. The number of oxime groups is 1. The minimum atomic E-state index is -0.0435. The molecule has 154 valence electrons. The van der Waals surface area contributed by atoms with Crippen molar-refractivity contribution in [3.8, 4) is 0 Å². The van der Waals surface area contributed by atoms with Gasteiger partial charge in [-0.3, -0.25) is 4.68 Å². The zero-order valence-corrected chi connectivity index (χ0v) is 16.0. The molecule has 0 unspecified atom stereocenters. The van der Waals surface area contributed by atoms with Crippen molar-refractivity contribution in [1.29, 1.82) is 0 Å². The summed E-state index contributed by atoms with van der Waals surface area (Å²) >= 11 is 5.86. The van der Waals surface area contributed by atoms with E-state index in [1.807, 2.05) is 0 Å². The van der Waals surface area contributed by atoms with Crippen LogP contribution in [0.25, 0.3) is 0 Å². The highest BCUT2D eigenvalue weighted by molar-refractivity contribution is 6.30. The zero-order chi connectivity index (χ0) is 20.5. The van der Waals surface area contributed by atoms with E-state index in [1.165, 1.54) is 0 Å². The van der Waals surface area contributed by atoms with Gasteiger partial charge in [-0.2, -0.15) is 0 Å². The summed E-state index contributed by atoms with van der Waals surface area (Å²) in [5.41, 5.74) is 1.51. The number of aliphatic hydroxyl groups is 1. The van der Waals surface area contributed by atoms with E-state index >= 15 is 0 Å². The molecule has 0 aliphatic rings. The maximum atomic E-state index is 9.35. The van der Waals surface area contributed by atoms with Gasteiger partial charge in [0.05, 0.1) is 32.6 Å². The molecule has 3 rings (SSSR count). The van der Waals surface area contributed by atoms with Gasteiger partial charge in [-0.1, -0.05) is 22.0 Å². The lowest BCUT2D eigenvalue weighted by molar-refractivity contribution is 0.0796. The molecule has 0 radical (unpaired) electrons. The van der Waals surface area contributed by atoms with Crippen molar-refractivity contribution < 1.29 is 19.7 Å². The largest absolute Gasteiger partial charge is 0.409 e. The highest BCUT2D eigenvalue weighted by Crippen LogP contribution is 2.16. The third-order valence-corrected chi connectivity index (χ3v) is 3.88. The summed E-state index contributed by atoms with van der Waals surface area (Å²) in [6.07, 6.45) is 1.74. The first-order valence-electron chi connectivity index (χ1n) is 8.58. The SMILES string of the molecule is OCCOCc1cn(CCNc2nonc2C(=NO)Nc2ccc(Cl)cc2)nn1. The highest BCUT2D eigenvalue weighted by atomic mass is 35.5. The van der Waals surface area contributed by atoms with Crippen LogP contribution in [-0.2, 0) is 17.9 Å². The summed E-state index contributed by atoms with van der Waals surface area (Å²) in [4.78, 5) is 0. The monoisotopic (exact) mass is 422 g/mol. The van der Waals surface area contributed by atoms with Crippen LogP contribution >= 0.6 is 11.6 Å². The molecule has 0 saturated carbocycles. The Kier molecular flexibility index (Phi) is 7.33. The van der Waals surface area contributed by atoms with E-state index < -0.39 is 0 Å². The van der Waals surface area contributed by atoms with E-state index in [1.54, 1.807) is 35.1 Å². The second-order valence-electron chi connectivity index (χ2n) is 5.72. The van der Waals surface area contributed by atoms with Crippen LogP contribution < -0.4 is 10.6 Å². The minimum Gasteiger partial charge on any atom is -0.409 e. The van der Waals surface area contributed by atoms with Crippen LogP contribution in [0.3, 0.4) is 0 Å². The topological polar surface area (TPSA) is 156 Å². The van der Waals surface area contributed by atoms with Crippen LogP contribution in [0.4, 0.5) is 11.5 Å². The number of hydrogen-bond donors (Lipinski definition) is 4. The molecule has 2 heterocycles. The average Bonchev–Trinajstić information content (AvgIpc) is 3.38. The predicted molar refractivity (Wildman–Crippen MR) is 103 cm³/mol. The number of aliphatic hydroxyl groups excluding tert-OH is 1. The summed E-state index contributed by atoms with van der Waals surface area (Å²) in [7, 11) is 0. The second-order valence-corrected chi connectivity index (χ2v) is 6.15. The van der Waals surface area contributed by atoms with Crippen LogP contribution in [0, 0.1) is 0 Å². The number of amidine groups is 1. The van der Waals surface area contributed by atoms with Crippen molar-refractivity contribution in [2.45, 2.75) is 13.2 Å². The molecule has 0 bridgehead atoms. The fourth-order valence-electron chi connectivity index (χ4n) is 2.31. The van der Waals surface area contributed by atoms with Gasteiger partial charge in [-0.25, -0.2) is 4.63 Å². The van der Waals surface area contributed by atoms with Crippen molar-refractivity contribution in [3.05, 3.63) is 46.9 Å². The first-order valence-corrected chi connectivity index (χ1v) is 8.96. The van der Waals surface area contributed by atoms with Crippen LogP contribution in [0.5, 0.6) is 0 Å². The summed E-state index contributed by atoms with van der Waals surface area (Å²) in [6, 6.07) is 6.84. The number of rotatable bonds is 10. The molecule has 0 amide bonds. The molecule has 1 aromatic carbocycles. The maximum absolute atomic E-state index is 9.35. The summed E-state index contributed by atoms with van der Waals surface area (Å²) in [6.45, 7) is 1.39. The second kappa shape index (κ2) is 10.4. The van der Waals surface area contributed by atoms with E-state index in [0.717, 1.165) is 0 Å². The van der Waals surface area contributed by atoms with Gasteiger partial charge in [-0.15, -0.1) is 5.10 Å². The molecule has 4 N–H and O–H groups in total. The Hall–Kier alpha value is -3.22. The lowest BCUT2D eigenvalue weighted by Crippen LogP contribution is -2.18. The van der Waals surface area contributed by atoms with Crippen molar-refractivity contribution in [3.63, 3.8) is 0 Å². The minimum absolute atomic E-state index is 0.0435. The van der Waals surface area contributed by atoms with Crippen LogP contribution in [-0.4, -0.2) is 61.2 Å². The van der Waals surface area contributed by atoms with Crippen molar-refractivity contribution in [1.82, 2.24) is 25.3 Å². The van der Waals surface area contributed by atoms with Gasteiger partial charge in [-0.05, 0) is 34.6 Å². The number of anilines is 2. The number of aromatic nitrogens is 5.